The maximum Gasteiger partial charge on any atom is 0.237 e. The number of carbonyl (C=O) groups is 1. The molecule has 2 N–H and O–H groups in total. The first-order valence-corrected chi connectivity index (χ1v) is 5.94. The van der Waals surface area contributed by atoms with Gasteiger partial charge in [-0.2, -0.15) is 0 Å². The fourth-order valence-electron chi connectivity index (χ4n) is 1.46. The molecule has 0 fully saturated rings. The van der Waals surface area contributed by atoms with Crippen molar-refractivity contribution in [2.45, 2.75) is 52.6 Å². The maximum atomic E-state index is 11.5. The largest absolute Gasteiger partial charge is 0.344 e. The Morgan fingerprint density at radius 2 is 1.88 bits per heavy atom. The molecule has 0 spiro atoms. The summed E-state index contributed by atoms with van der Waals surface area (Å²) < 4.78 is 0. The summed E-state index contributed by atoms with van der Waals surface area (Å²) in [6.07, 6.45) is 7.34. The van der Waals surface area contributed by atoms with Crippen LogP contribution in [0.15, 0.2) is 0 Å². The summed E-state index contributed by atoms with van der Waals surface area (Å²) in [6, 6.07) is 0.171. The van der Waals surface area contributed by atoms with Crippen LogP contribution in [0.5, 0.6) is 0 Å². The Hall–Kier alpha value is -1.01. The van der Waals surface area contributed by atoms with E-state index in [0.717, 1.165) is 6.42 Å². The van der Waals surface area contributed by atoms with E-state index in [1.165, 1.54) is 6.42 Å². The van der Waals surface area contributed by atoms with Crippen LogP contribution in [0, 0.1) is 18.3 Å². The summed E-state index contributed by atoms with van der Waals surface area (Å²) >= 11 is 0. The van der Waals surface area contributed by atoms with Crippen LogP contribution in [0.25, 0.3) is 0 Å². The normalized spacial score (nSPS) is 14.2. The van der Waals surface area contributed by atoms with Crippen LogP contribution in [-0.4, -0.2) is 24.5 Å². The van der Waals surface area contributed by atoms with Crippen LogP contribution in [0.4, 0.5) is 0 Å². The lowest BCUT2D eigenvalue weighted by molar-refractivity contribution is -0.122. The van der Waals surface area contributed by atoms with Crippen molar-refractivity contribution in [1.29, 1.82) is 0 Å². The monoisotopic (exact) mass is 224 g/mol. The Morgan fingerprint density at radius 3 is 2.38 bits per heavy atom. The van der Waals surface area contributed by atoms with Crippen molar-refractivity contribution >= 4 is 5.91 Å². The zero-order valence-corrected chi connectivity index (χ0v) is 10.8. The molecule has 16 heavy (non-hydrogen) atoms. The molecule has 0 radical (unpaired) electrons. The molecule has 0 heterocycles. The minimum atomic E-state index is -0.185. The van der Waals surface area contributed by atoms with Gasteiger partial charge in [-0.3, -0.25) is 4.79 Å². The molecule has 0 aliphatic rings. The van der Waals surface area contributed by atoms with Crippen molar-refractivity contribution in [2.24, 2.45) is 5.92 Å². The van der Waals surface area contributed by atoms with Gasteiger partial charge in [0.25, 0.3) is 0 Å². The van der Waals surface area contributed by atoms with Crippen LogP contribution >= 0.6 is 0 Å². The third-order valence-electron chi connectivity index (χ3n) is 2.47. The van der Waals surface area contributed by atoms with Gasteiger partial charge in [0.15, 0.2) is 0 Å². The van der Waals surface area contributed by atoms with Gasteiger partial charge in [0, 0.05) is 6.04 Å². The van der Waals surface area contributed by atoms with Gasteiger partial charge in [0.05, 0.1) is 12.6 Å². The number of terminal acetylenes is 1. The Bertz CT molecular complexity index is 243. The zero-order chi connectivity index (χ0) is 12.6. The van der Waals surface area contributed by atoms with E-state index < -0.39 is 0 Å². The lowest BCUT2D eigenvalue weighted by atomic mass is 10.0. The van der Waals surface area contributed by atoms with Crippen LogP contribution in [0.2, 0.25) is 0 Å². The third-order valence-corrected chi connectivity index (χ3v) is 2.47. The van der Waals surface area contributed by atoms with Crippen LogP contribution in [0.1, 0.15) is 40.5 Å². The Balaban J connectivity index is 3.81. The molecule has 3 heteroatoms. The molecule has 2 atom stereocenters. The van der Waals surface area contributed by atoms with Crippen molar-refractivity contribution < 1.29 is 4.79 Å². The molecule has 0 aromatic heterocycles. The first kappa shape index (κ1) is 15.0. The van der Waals surface area contributed by atoms with Crippen molar-refractivity contribution in [3.05, 3.63) is 0 Å². The molecular weight excluding hydrogens is 200 g/mol. The highest BCUT2D eigenvalue weighted by molar-refractivity contribution is 5.81. The van der Waals surface area contributed by atoms with E-state index in [-0.39, 0.29) is 11.9 Å². The van der Waals surface area contributed by atoms with Gasteiger partial charge in [-0.15, -0.1) is 6.42 Å². The number of hydrogen-bond acceptors (Lipinski definition) is 2. The minimum absolute atomic E-state index is 0.0330. The highest BCUT2D eigenvalue weighted by atomic mass is 16.2. The highest BCUT2D eigenvalue weighted by Gasteiger charge is 2.14. The summed E-state index contributed by atoms with van der Waals surface area (Å²) in [6.45, 7) is 8.67. The van der Waals surface area contributed by atoms with E-state index in [1.807, 2.05) is 6.92 Å². The van der Waals surface area contributed by atoms with E-state index in [0.29, 0.717) is 18.5 Å². The second-order valence-electron chi connectivity index (χ2n) is 4.68. The second-order valence-corrected chi connectivity index (χ2v) is 4.68. The van der Waals surface area contributed by atoms with Crippen LogP contribution in [-0.2, 0) is 4.79 Å². The molecular formula is C13H24N2O. The predicted molar refractivity (Wildman–Crippen MR) is 68.0 cm³/mol. The number of rotatable bonds is 7. The van der Waals surface area contributed by atoms with Gasteiger partial charge >= 0.3 is 0 Å². The standard InChI is InChI=1S/C13H24N2O/c1-6-9-14-13(16)12(5)15-11(4)8-7-10(2)3/h1,10-12,15H,7-9H2,2-5H3,(H,14,16). The van der Waals surface area contributed by atoms with E-state index in [1.54, 1.807) is 0 Å². The Kier molecular flexibility index (Phi) is 7.66. The quantitative estimate of drug-likeness (QED) is 0.644. The third kappa shape index (κ3) is 7.30. The number of nitrogens with one attached hydrogen (secondary N) is 2. The molecule has 0 saturated heterocycles. The lowest BCUT2D eigenvalue weighted by Gasteiger charge is -2.19. The molecule has 1 amide bonds. The van der Waals surface area contributed by atoms with E-state index in [4.69, 9.17) is 6.42 Å². The molecule has 0 aliphatic carbocycles. The fourth-order valence-corrected chi connectivity index (χ4v) is 1.46. The fraction of sp³-hybridized carbons (Fsp3) is 0.769. The van der Waals surface area contributed by atoms with Gasteiger partial charge < -0.3 is 10.6 Å². The number of hydrogen-bond donors (Lipinski definition) is 2. The van der Waals surface area contributed by atoms with Gasteiger partial charge in [0.2, 0.25) is 5.91 Å². The molecule has 0 aliphatic heterocycles. The van der Waals surface area contributed by atoms with Crippen molar-refractivity contribution in [3.63, 3.8) is 0 Å². The first-order valence-electron chi connectivity index (χ1n) is 5.94. The average Bonchev–Trinajstić information content (AvgIpc) is 2.22. The average molecular weight is 224 g/mol. The molecule has 0 aromatic rings. The molecule has 0 bridgehead atoms. The predicted octanol–water partition coefficient (Wildman–Crippen LogP) is 1.54. The SMILES string of the molecule is C#CCNC(=O)C(C)NC(C)CCC(C)C. The highest BCUT2D eigenvalue weighted by Crippen LogP contribution is 2.06. The summed E-state index contributed by atoms with van der Waals surface area (Å²) in [5.41, 5.74) is 0. The smallest absolute Gasteiger partial charge is 0.237 e. The Labute approximate surface area is 99.4 Å². The summed E-state index contributed by atoms with van der Waals surface area (Å²) in [7, 11) is 0. The molecule has 0 aromatic carbocycles. The minimum Gasteiger partial charge on any atom is -0.344 e. The molecule has 0 saturated carbocycles. The van der Waals surface area contributed by atoms with Gasteiger partial charge in [-0.1, -0.05) is 19.8 Å². The van der Waals surface area contributed by atoms with Gasteiger partial charge in [-0.05, 0) is 32.6 Å². The zero-order valence-electron chi connectivity index (χ0n) is 10.8. The van der Waals surface area contributed by atoms with E-state index >= 15 is 0 Å². The maximum absolute atomic E-state index is 11.5. The van der Waals surface area contributed by atoms with Crippen LogP contribution < -0.4 is 10.6 Å². The van der Waals surface area contributed by atoms with Gasteiger partial charge in [0.1, 0.15) is 0 Å². The van der Waals surface area contributed by atoms with Crippen molar-refractivity contribution in [2.75, 3.05) is 6.54 Å². The second kappa shape index (κ2) is 8.18. The summed E-state index contributed by atoms with van der Waals surface area (Å²) in [5.74, 6) is 3.06. The van der Waals surface area contributed by atoms with E-state index in [2.05, 4.69) is 37.3 Å². The van der Waals surface area contributed by atoms with Crippen molar-refractivity contribution in [3.8, 4) is 12.3 Å². The molecule has 2 unspecified atom stereocenters. The summed E-state index contributed by atoms with van der Waals surface area (Å²) in [5, 5.41) is 5.93. The topological polar surface area (TPSA) is 41.1 Å². The van der Waals surface area contributed by atoms with Crippen LogP contribution in [0.3, 0.4) is 0 Å². The Morgan fingerprint density at radius 1 is 1.25 bits per heavy atom. The van der Waals surface area contributed by atoms with Gasteiger partial charge in [-0.25, -0.2) is 0 Å². The molecule has 0 rings (SSSR count). The van der Waals surface area contributed by atoms with Crippen molar-refractivity contribution in [1.82, 2.24) is 10.6 Å². The lowest BCUT2D eigenvalue weighted by Crippen LogP contribution is -2.45. The number of amides is 1. The first-order chi connectivity index (χ1) is 7.47. The summed E-state index contributed by atoms with van der Waals surface area (Å²) in [4.78, 5) is 11.5. The molecule has 3 nitrogen and oxygen atoms in total. The molecule has 92 valence electrons. The number of carbonyl (C=O) groups excluding carboxylic acids is 1. The van der Waals surface area contributed by atoms with E-state index in [9.17, 15) is 4.79 Å².